The Kier molecular flexibility index (Phi) is 3.91. The van der Waals surface area contributed by atoms with E-state index in [9.17, 15) is 18.4 Å². The van der Waals surface area contributed by atoms with E-state index in [0.717, 1.165) is 12.4 Å². The predicted octanol–water partition coefficient (Wildman–Crippen LogP) is 2.95. The van der Waals surface area contributed by atoms with Gasteiger partial charge in [-0.3, -0.25) is 14.9 Å². The largest absolute Gasteiger partial charge is 0.328 e. The molecule has 2 aromatic rings. The fraction of sp³-hybridized carbons (Fsp3) is 0.400. The van der Waals surface area contributed by atoms with Gasteiger partial charge in [0.15, 0.2) is 5.82 Å². The zero-order valence-corrected chi connectivity index (χ0v) is 15.3. The lowest BCUT2D eigenvalue weighted by Gasteiger charge is -2.35. The molecule has 2 saturated carbocycles. The third-order valence-corrected chi connectivity index (χ3v) is 5.88. The van der Waals surface area contributed by atoms with Crippen molar-refractivity contribution in [1.82, 2.24) is 14.9 Å². The van der Waals surface area contributed by atoms with Crippen LogP contribution < -0.4 is 5.32 Å². The van der Waals surface area contributed by atoms with Crippen molar-refractivity contribution in [3.63, 3.8) is 0 Å². The number of hydrogen-bond donors (Lipinski definition) is 1. The predicted molar refractivity (Wildman–Crippen MR) is 98.2 cm³/mol. The molecule has 1 aliphatic heterocycles. The molecule has 152 valence electrons. The molecule has 9 heteroatoms. The standard InChI is InChI=1S/C20H17F3N4O2.H2/c21-10-6-24-19(25-7-10)26-15(28)8-27-9-20(3-4-20)16-12(18(27)29)2-1-11(17(16)23)13-5-14(13)22;/h1-2,6-7,13-14H,3-5,8-9H2,(H,24,25,26,28);1H/t13-,14-;/m1./s1. The monoisotopic (exact) mass is 404 g/mol. The van der Waals surface area contributed by atoms with Gasteiger partial charge < -0.3 is 4.90 Å². The molecule has 2 aliphatic carbocycles. The molecule has 0 saturated heterocycles. The minimum atomic E-state index is -1.02. The normalized spacial score (nSPS) is 23.7. The van der Waals surface area contributed by atoms with E-state index in [2.05, 4.69) is 15.3 Å². The fourth-order valence-corrected chi connectivity index (χ4v) is 4.15. The number of alkyl halides is 1. The molecule has 2 fully saturated rings. The molecule has 5 rings (SSSR count). The Morgan fingerprint density at radius 2 is 1.97 bits per heavy atom. The zero-order valence-electron chi connectivity index (χ0n) is 15.3. The summed E-state index contributed by atoms with van der Waals surface area (Å²) in [6.07, 6.45) is 2.55. The van der Waals surface area contributed by atoms with Gasteiger partial charge in [-0.15, -0.1) is 0 Å². The first kappa shape index (κ1) is 18.1. The minimum absolute atomic E-state index is 0. The van der Waals surface area contributed by atoms with E-state index in [1.165, 1.54) is 11.0 Å². The van der Waals surface area contributed by atoms with Crippen molar-refractivity contribution in [2.24, 2.45) is 0 Å². The average molecular weight is 404 g/mol. The summed E-state index contributed by atoms with van der Waals surface area (Å²) in [6.45, 7) is -0.0278. The Morgan fingerprint density at radius 3 is 2.59 bits per heavy atom. The second-order valence-electron chi connectivity index (χ2n) is 7.96. The number of nitrogens with zero attached hydrogens (tertiary/aromatic N) is 3. The molecule has 6 nitrogen and oxygen atoms in total. The van der Waals surface area contributed by atoms with Crippen LogP contribution in [0.15, 0.2) is 24.5 Å². The van der Waals surface area contributed by atoms with E-state index in [-0.39, 0.29) is 26.0 Å². The number of carbonyl (C=O) groups is 2. The first-order valence-corrected chi connectivity index (χ1v) is 9.41. The zero-order chi connectivity index (χ0) is 20.3. The van der Waals surface area contributed by atoms with Crippen molar-refractivity contribution in [2.75, 3.05) is 18.4 Å². The molecule has 1 N–H and O–H groups in total. The second-order valence-corrected chi connectivity index (χ2v) is 7.96. The molecule has 2 atom stereocenters. The van der Waals surface area contributed by atoms with Crippen LogP contribution in [0.1, 0.15) is 48.1 Å². The van der Waals surface area contributed by atoms with Gasteiger partial charge in [0.05, 0.1) is 12.4 Å². The van der Waals surface area contributed by atoms with Crippen LogP contribution in [0.25, 0.3) is 0 Å². The minimum Gasteiger partial charge on any atom is -0.328 e. The summed E-state index contributed by atoms with van der Waals surface area (Å²) in [5.74, 6) is -2.56. The summed E-state index contributed by atoms with van der Waals surface area (Å²) in [7, 11) is 0. The highest BCUT2D eigenvalue weighted by molar-refractivity contribution is 6.01. The third-order valence-electron chi connectivity index (χ3n) is 5.88. The molecule has 1 spiro atoms. The van der Waals surface area contributed by atoms with E-state index in [1.807, 2.05) is 0 Å². The van der Waals surface area contributed by atoms with Crippen LogP contribution in [0.4, 0.5) is 19.1 Å². The van der Waals surface area contributed by atoms with Gasteiger partial charge in [-0.1, -0.05) is 6.07 Å². The van der Waals surface area contributed by atoms with Crippen molar-refractivity contribution >= 4 is 17.8 Å². The lowest BCUT2D eigenvalue weighted by molar-refractivity contribution is -0.117. The van der Waals surface area contributed by atoms with Gasteiger partial charge in [-0.25, -0.2) is 23.1 Å². The van der Waals surface area contributed by atoms with Crippen molar-refractivity contribution in [3.8, 4) is 0 Å². The maximum absolute atomic E-state index is 15.2. The van der Waals surface area contributed by atoms with Crippen LogP contribution in [0.2, 0.25) is 0 Å². The van der Waals surface area contributed by atoms with Crippen LogP contribution in [0, 0.1) is 11.6 Å². The number of rotatable bonds is 4. The molecule has 2 amide bonds. The molecular formula is C20H19F3N4O2. The molecule has 2 heterocycles. The summed E-state index contributed by atoms with van der Waals surface area (Å²) in [5, 5.41) is 2.42. The number of fused-ring (bicyclic) bond motifs is 2. The summed E-state index contributed by atoms with van der Waals surface area (Å²) >= 11 is 0. The molecule has 1 aromatic heterocycles. The number of aromatic nitrogens is 2. The van der Waals surface area contributed by atoms with Crippen LogP contribution in [0.5, 0.6) is 0 Å². The molecular weight excluding hydrogens is 385 g/mol. The SMILES string of the molecule is O=C(CN1CC2(CC2)c2c(ccc([C@H]3C[C@H]3F)c2F)C1=O)Nc1ncc(F)cn1.[HH]. The van der Waals surface area contributed by atoms with E-state index in [0.29, 0.717) is 30.4 Å². The smallest absolute Gasteiger partial charge is 0.254 e. The van der Waals surface area contributed by atoms with E-state index < -0.39 is 41.0 Å². The summed E-state index contributed by atoms with van der Waals surface area (Å²) in [4.78, 5) is 33.9. The van der Waals surface area contributed by atoms with Gasteiger partial charge >= 0.3 is 0 Å². The quantitative estimate of drug-likeness (QED) is 0.850. The van der Waals surface area contributed by atoms with Gasteiger partial charge in [-0.2, -0.15) is 0 Å². The number of benzene rings is 1. The summed E-state index contributed by atoms with van der Waals surface area (Å²) in [5.41, 5.74) is 0.431. The molecule has 3 aliphatic rings. The Labute approximate surface area is 165 Å². The third kappa shape index (κ3) is 3.04. The van der Waals surface area contributed by atoms with E-state index in [1.54, 1.807) is 6.07 Å². The van der Waals surface area contributed by atoms with Crippen LogP contribution >= 0.6 is 0 Å². The lowest BCUT2D eigenvalue weighted by atomic mass is 9.84. The molecule has 0 unspecified atom stereocenters. The number of halogens is 3. The Balaban J connectivity index is 0.00000218. The maximum Gasteiger partial charge on any atom is 0.254 e. The average Bonchev–Trinajstić information content (AvgIpc) is 3.60. The van der Waals surface area contributed by atoms with Crippen molar-refractivity contribution in [2.45, 2.75) is 36.8 Å². The summed E-state index contributed by atoms with van der Waals surface area (Å²) < 4.78 is 41.5. The highest BCUT2D eigenvalue weighted by Gasteiger charge is 2.54. The molecule has 29 heavy (non-hydrogen) atoms. The first-order chi connectivity index (χ1) is 13.9. The molecule has 0 bridgehead atoms. The van der Waals surface area contributed by atoms with Crippen molar-refractivity contribution < 1.29 is 24.2 Å². The van der Waals surface area contributed by atoms with Gasteiger partial charge in [0.1, 0.15) is 18.5 Å². The van der Waals surface area contributed by atoms with Gasteiger partial charge in [0, 0.05) is 30.4 Å². The maximum atomic E-state index is 15.2. The Morgan fingerprint density at radius 1 is 1.28 bits per heavy atom. The highest BCUT2D eigenvalue weighted by Crippen LogP contribution is 2.55. The van der Waals surface area contributed by atoms with Crippen molar-refractivity contribution in [1.29, 1.82) is 0 Å². The van der Waals surface area contributed by atoms with Crippen LogP contribution in [0.3, 0.4) is 0 Å². The first-order valence-electron chi connectivity index (χ1n) is 9.41. The second kappa shape index (κ2) is 6.27. The van der Waals surface area contributed by atoms with Crippen molar-refractivity contribution in [3.05, 3.63) is 52.9 Å². The molecule has 1 aromatic carbocycles. The number of nitrogens with one attached hydrogen (secondary N) is 1. The Hall–Kier alpha value is -2.97. The van der Waals surface area contributed by atoms with E-state index >= 15 is 4.39 Å². The summed E-state index contributed by atoms with van der Waals surface area (Å²) in [6, 6.07) is 3.04. The topological polar surface area (TPSA) is 75.2 Å². The fourth-order valence-electron chi connectivity index (χ4n) is 4.15. The van der Waals surface area contributed by atoms with Crippen LogP contribution in [-0.2, 0) is 10.2 Å². The highest BCUT2D eigenvalue weighted by atomic mass is 19.1. The lowest BCUT2D eigenvalue weighted by Crippen LogP contribution is -2.47. The number of anilines is 1. The number of hydrogen-bond acceptors (Lipinski definition) is 4. The number of carbonyl (C=O) groups excluding carboxylic acids is 2. The van der Waals surface area contributed by atoms with E-state index in [4.69, 9.17) is 0 Å². The Bertz CT molecular complexity index is 1030. The van der Waals surface area contributed by atoms with Gasteiger partial charge in [0.25, 0.3) is 5.91 Å². The van der Waals surface area contributed by atoms with Gasteiger partial charge in [0.2, 0.25) is 11.9 Å². The van der Waals surface area contributed by atoms with Gasteiger partial charge in [-0.05, 0) is 30.9 Å². The number of amides is 2. The molecule has 0 radical (unpaired) electrons. The van der Waals surface area contributed by atoms with Crippen LogP contribution in [-0.4, -0.2) is 45.9 Å².